The first kappa shape index (κ1) is 14.7. The van der Waals surface area contributed by atoms with Gasteiger partial charge in [-0.25, -0.2) is 0 Å². The average molecular weight is 273 g/mol. The molecule has 1 atom stereocenters. The maximum Gasteiger partial charge on any atom is 0.0642 e. The Morgan fingerprint density at radius 3 is 2.65 bits per heavy atom. The first-order valence-corrected chi connectivity index (χ1v) is 7.61. The third kappa shape index (κ3) is 3.80. The Labute approximate surface area is 114 Å². The van der Waals surface area contributed by atoms with Crippen molar-refractivity contribution in [2.45, 2.75) is 25.9 Å². The first-order valence-electron chi connectivity index (χ1n) is 5.84. The fourth-order valence-electron chi connectivity index (χ4n) is 1.86. The second kappa shape index (κ2) is 7.14. The molecule has 2 N–H and O–H groups in total. The van der Waals surface area contributed by atoms with Crippen LogP contribution in [0.25, 0.3) is 0 Å². The van der Waals surface area contributed by atoms with E-state index >= 15 is 0 Å². The highest BCUT2D eigenvalue weighted by Gasteiger charge is 2.15. The largest absolute Gasteiger partial charge is 0.370 e. The summed E-state index contributed by atoms with van der Waals surface area (Å²) < 4.78 is 0. The molecule has 17 heavy (non-hydrogen) atoms. The van der Waals surface area contributed by atoms with Gasteiger partial charge >= 0.3 is 0 Å². The zero-order chi connectivity index (χ0) is 12.8. The Morgan fingerprint density at radius 1 is 1.47 bits per heavy atom. The van der Waals surface area contributed by atoms with Crippen LogP contribution in [0.2, 0.25) is 5.02 Å². The van der Waals surface area contributed by atoms with Crippen molar-refractivity contribution < 1.29 is 0 Å². The lowest BCUT2D eigenvalue weighted by atomic mass is 10.1. The van der Waals surface area contributed by atoms with Crippen LogP contribution in [0.15, 0.2) is 18.2 Å². The number of thioether (sulfide) groups is 1. The molecule has 0 saturated carbocycles. The number of nitrogens with zero attached hydrogens (tertiary/aromatic N) is 1. The van der Waals surface area contributed by atoms with Crippen LogP contribution in [0.4, 0.5) is 5.69 Å². The van der Waals surface area contributed by atoms with E-state index in [1.807, 2.05) is 23.9 Å². The molecule has 0 heterocycles. The summed E-state index contributed by atoms with van der Waals surface area (Å²) in [6, 6.07) is 6.59. The van der Waals surface area contributed by atoms with Crippen molar-refractivity contribution in [1.29, 1.82) is 0 Å². The lowest BCUT2D eigenvalue weighted by Crippen LogP contribution is -2.33. The van der Waals surface area contributed by atoms with E-state index in [0.29, 0.717) is 12.6 Å². The summed E-state index contributed by atoms with van der Waals surface area (Å²) in [6.45, 7) is 2.74. The minimum Gasteiger partial charge on any atom is -0.370 e. The van der Waals surface area contributed by atoms with E-state index < -0.39 is 0 Å². The van der Waals surface area contributed by atoms with E-state index in [0.717, 1.165) is 28.4 Å². The van der Waals surface area contributed by atoms with Crippen molar-refractivity contribution in [1.82, 2.24) is 0 Å². The van der Waals surface area contributed by atoms with Crippen molar-refractivity contribution in [3.63, 3.8) is 0 Å². The first-order chi connectivity index (χ1) is 8.13. The second-order valence-corrected chi connectivity index (χ2v) is 5.44. The van der Waals surface area contributed by atoms with Gasteiger partial charge in [-0.1, -0.05) is 24.6 Å². The maximum atomic E-state index is 6.30. The average Bonchev–Trinajstić information content (AvgIpc) is 2.35. The minimum atomic E-state index is 0.520. The van der Waals surface area contributed by atoms with Gasteiger partial charge in [0.15, 0.2) is 0 Å². The number of hydrogen-bond donors (Lipinski definition) is 1. The molecule has 0 spiro atoms. The summed E-state index contributed by atoms with van der Waals surface area (Å²) in [7, 11) is 2.10. The lowest BCUT2D eigenvalue weighted by Gasteiger charge is -2.29. The number of hydrogen-bond acceptors (Lipinski definition) is 3. The van der Waals surface area contributed by atoms with Gasteiger partial charge in [0.1, 0.15) is 0 Å². The molecule has 1 aromatic rings. The second-order valence-electron chi connectivity index (χ2n) is 4.12. The SMILES string of the molecule is CCC(CSC)N(C)c1ccc(CN)cc1Cl. The van der Waals surface area contributed by atoms with Gasteiger partial charge in [0.05, 0.1) is 10.7 Å². The fourth-order valence-corrected chi connectivity index (χ4v) is 3.04. The van der Waals surface area contributed by atoms with E-state index in [1.54, 1.807) is 0 Å². The predicted octanol–water partition coefficient (Wildman–Crippen LogP) is 3.38. The van der Waals surface area contributed by atoms with Crippen LogP contribution in [-0.4, -0.2) is 25.1 Å². The molecule has 0 aliphatic heterocycles. The zero-order valence-corrected chi connectivity index (χ0v) is 12.3. The smallest absolute Gasteiger partial charge is 0.0642 e. The molecule has 0 aliphatic carbocycles. The molecule has 0 radical (unpaired) electrons. The number of nitrogens with two attached hydrogens (primary N) is 1. The van der Waals surface area contributed by atoms with Crippen LogP contribution in [0, 0.1) is 0 Å². The molecule has 1 unspecified atom stereocenters. The van der Waals surface area contributed by atoms with Gasteiger partial charge in [0.25, 0.3) is 0 Å². The Balaban J connectivity index is 2.90. The maximum absolute atomic E-state index is 6.30. The van der Waals surface area contributed by atoms with Crippen LogP contribution < -0.4 is 10.6 Å². The van der Waals surface area contributed by atoms with E-state index in [4.69, 9.17) is 17.3 Å². The van der Waals surface area contributed by atoms with Crippen LogP contribution >= 0.6 is 23.4 Å². The molecule has 96 valence electrons. The van der Waals surface area contributed by atoms with Gasteiger partial charge in [-0.3, -0.25) is 0 Å². The van der Waals surface area contributed by atoms with Crippen LogP contribution in [0.5, 0.6) is 0 Å². The van der Waals surface area contributed by atoms with Crippen molar-refractivity contribution in [3.05, 3.63) is 28.8 Å². The molecular formula is C13H21ClN2S. The Hall–Kier alpha value is -0.380. The van der Waals surface area contributed by atoms with Crippen LogP contribution in [0.1, 0.15) is 18.9 Å². The molecule has 2 nitrogen and oxygen atoms in total. The van der Waals surface area contributed by atoms with E-state index in [2.05, 4.69) is 31.2 Å². The quantitative estimate of drug-likeness (QED) is 0.861. The topological polar surface area (TPSA) is 29.3 Å². The van der Waals surface area contributed by atoms with E-state index in [1.165, 1.54) is 0 Å². The predicted molar refractivity (Wildman–Crippen MR) is 80.2 cm³/mol. The Kier molecular flexibility index (Phi) is 6.17. The molecule has 1 rings (SSSR count). The summed E-state index contributed by atoms with van der Waals surface area (Å²) in [5, 5.41) is 0.787. The molecule has 0 aromatic heterocycles. The molecule has 1 aromatic carbocycles. The van der Waals surface area contributed by atoms with E-state index in [9.17, 15) is 0 Å². The zero-order valence-electron chi connectivity index (χ0n) is 10.7. The highest BCUT2D eigenvalue weighted by atomic mass is 35.5. The molecule has 0 bridgehead atoms. The molecule has 0 amide bonds. The number of benzene rings is 1. The van der Waals surface area contributed by atoms with Gasteiger partial charge in [-0.2, -0.15) is 11.8 Å². The third-order valence-corrected chi connectivity index (χ3v) is 4.03. The van der Waals surface area contributed by atoms with Gasteiger partial charge in [0.2, 0.25) is 0 Å². The van der Waals surface area contributed by atoms with Crippen molar-refractivity contribution in [2.24, 2.45) is 5.73 Å². The minimum absolute atomic E-state index is 0.520. The number of rotatable bonds is 6. The fraction of sp³-hybridized carbons (Fsp3) is 0.538. The van der Waals surface area contributed by atoms with Gasteiger partial charge in [-0.05, 0) is 30.4 Å². The van der Waals surface area contributed by atoms with Gasteiger partial charge in [0, 0.05) is 25.4 Å². The molecular weight excluding hydrogens is 252 g/mol. The Morgan fingerprint density at radius 2 is 2.18 bits per heavy atom. The third-order valence-electron chi connectivity index (χ3n) is 3.01. The molecule has 0 fully saturated rings. The highest BCUT2D eigenvalue weighted by Crippen LogP contribution is 2.28. The summed E-state index contributed by atoms with van der Waals surface area (Å²) in [5.74, 6) is 1.11. The lowest BCUT2D eigenvalue weighted by molar-refractivity contribution is 0.673. The van der Waals surface area contributed by atoms with Gasteiger partial charge < -0.3 is 10.6 Å². The number of anilines is 1. The molecule has 0 aliphatic rings. The summed E-state index contributed by atoms with van der Waals surface area (Å²) >= 11 is 8.17. The number of halogens is 1. The molecule has 0 saturated heterocycles. The standard InChI is InChI=1S/C13H21ClN2S/c1-4-11(9-17-3)16(2)13-6-5-10(8-15)7-12(13)14/h5-7,11H,4,8-9,15H2,1-3H3. The summed E-state index contributed by atoms with van der Waals surface area (Å²) in [4.78, 5) is 2.26. The summed E-state index contributed by atoms with van der Waals surface area (Å²) in [6.07, 6.45) is 3.25. The van der Waals surface area contributed by atoms with Gasteiger partial charge in [-0.15, -0.1) is 0 Å². The monoisotopic (exact) mass is 272 g/mol. The normalized spacial score (nSPS) is 12.5. The van der Waals surface area contributed by atoms with Crippen LogP contribution in [0.3, 0.4) is 0 Å². The van der Waals surface area contributed by atoms with E-state index in [-0.39, 0.29) is 0 Å². The highest BCUT2D eigenvalue weighted by molar-refractivity contribution is 7.98. The van der Waals surface area contributed by atoms with Crippen molar-refractivity contribution in [2.75, 3.05) is 24.0 Å². The Bertz CT molecular complexity index is 357. The summed E-state index contributed by atoms with van der Waals surface area (Å²) in [5.41, 5.74) is 7.76. The van der Waals surface area contributed by atoms with Crippen molar-refractivity contribution >= 4 is 29.1 Å². The van der Waals surface area contributed by atoms with Crippen LogP contribution in [-0.2, 0) is 6.54 Å². The van der Waals surface area contributed by atoms with Crippen molar-refractivity contribution in [3.8, 4) is 0 Å². The molecule has 4 heteroatoms.